The summed E-state index contributed by atoms with van der Waals surface area (Å²) >= 11 is 4.00. The van der Waals surface area contributed by atoms with Gasteiger partial charge in [0, 0.05) is 41.2 Å². The third-order valence-electron chi connectivity index (χ3n) is 5.70. The fourth-order valence-corrected chi connectivity index (χ4v) is 6.75. The van der Waals surface area contributed by atoms with Gasteiger partial charge >= 0.3 is 5.97 Å². The number of carbonyl (C=O) groups excluding carboxylic acids is 2. The zero-order valence-corrected chi connectivity index (χ0v) is 24.0. The largest absolute Gasteiger partial charge is 0.477 e. The third kappa shape index (κ3) is 6.69. The van der Waals surface area contributed by atoms with Crippen LogP contribution >= 0.6 is 35.1 Å². The van der Waals surface area contributed by atoms with Crippen molar-refractivity contribution in [2.24, 2.45) is 5.16 Å². The number of carboxylic acid groups (broad SMARTS) is 1. The van der Waals surface area contributed by atoms with Gasteiger partial charge in [0.1, 0.15) is 23.7 Å². The van der Waals surface area contributed by atoms with Gasteiger partial charge in [-0.2, -0.15) is 13.9 Å². The van der Waals surface area contributed by atoms with Crippen molar-refractivity contribution in [3.05, 3.63) is 41.6 Å². The van der Waals surface area contributed by atoms with Gasteiger partial charge in [-0.25, -0.2) is 4.79 Å². The summed E-state index contributed by atoms with van der Waals surface area (Å²) in [5, 5.41) is 16.0. The van der Waals surface area contributed by atoms with E-state index in [1.165, 1.54) is 16.7 Å². The molecule has 2 aromatic rings. The second-order valence-corrected chi connectivity index (χ2v) is 11.9. The Kier molecular flexibility index (Phi) is 9.42. The predicted octanol–water partition coefficient (Wildman–Crippen LogP) is 0.241. The molecule has 4 rings (SSSR count). The summed E-state index contributed by atoms with van der Waals surface area (Å²) in [7, 11) is 4.04. The van der Waals surface area contributed by atoms with Crippen LogP contribution in [-0.4, -0.2) is 97.9 Å². The van der Waals surface area contributed by atoms with Crippen LogP contribution in [0, 0.1) is 0 Å². The summed E-state index contributed by atoms with van der Waals surface area (Å²) in [4.78, 5) is 51.8. The van der Waals surface area contributed by atoms with E-state index < -0.39 is 29.2 Å². The van der Waals surface area contributed by atoms with E-state index in [2.05, 4.69) is 24.7 Å². The first-order chi connectivity index (χ1) is 18.7. The Balaban J connectivity index is 1.48. The Bertz CT molecular complexity index is 1310. The van der Waals surface area contributed by atoms with Gasteiger partial charge in [0.15, 0.2) is 24.1 Å². The summed E-state index contributed by atoms with van der Waals surface area (Å²) < 4.78 is 5.92. The maximum absolute atomic E-state index is 13.1. The predicted molar refractivity (Wildman–Crippen MR) is 148 cm³/mol. The lowest BCUT2D eigenvalue weighted by Gasteiger charge is -2.49. The number of carboxylic acids is 1. The number of nitrogens with zero attached hydrogens (tertiary/aromatic N) is 6. The Labute approximate surface area is 237 Å². The molecule has 16 heteroatoms. The monoisotopic (exact) mass is 593 g/mol. The Hall–Kier alpha value is -3.21. The summed E-state index contributed by atoms with van der Waals surface area (Å²) in [5.74, 6) is -1.13. The molecule has 39 heavy (non-hydrogen) atoms. The lowest BCUT2D eigenvalue weighted by Crippen LogP contribution is -2.71. The number of amides is 2. The molecule has 0 bridgehead atoms. The molecule has 2 aliphatic heterocycles. The topological polar surface area (TPSA) is 167 Å². The van der Waals surface area contributed by atoms with Gasteiger partial charge in [0.2, 0.25) is 11.5 Å². The van der Waals surface area contributed by atoms with E-state index in [9.17, 15) is 19.5 Å². The minimum atomic E-state index is -1.19. The van der Waals surface area contributed by atoms with E-state index in [0.29, 0.717) is 17.9 Å². The molecule has 0 aliphatic carbocycles. The fraction of sp³-hybridized carbons (Fsp3) is 0.435. The van der Waals surface area contributed by atoms with Crippen molar-refractivity contribution in [1.82, 2.24) is 24.5 Å². The maximum atomic E-state index is 13.1. The molecule has 1 fully saturated rings. The average Bonchev–Trinajstić information content (AvgIpc) is 3.32. The normalized spacial score (nSPS) is 19.1. The molecule has 0 spiro atoms. The van der Waals surface area contributed by atoms with Gasteiger partial charge in [-0.1, -0.05) is 5.16 Å². The number of rotatable bonds is 12. The minimum Gasteiger partial charge on any atom is -0.477 e. The van der Waals surface area contributed by atoms with Crippen molar-refractivity contribution in [1.29, 1.82) is 0 Å². The van der Waals surface area contributed by atoms with Crippen molar-refractivity contribution < 1.29 is 28.9 Å². The first kappa shape index (κ1) is 28.8. The molecule has 2 amide bonds. The van der Waals surface area contributed by atoms with Crippen LogP contribution in [0.4, 0.5) is 5.13 Å². The van der Waals surface area contributed by atoms with Crippen LogP contribution < -0.4 is 15.6 Å². The quantitative estimate of drug-likeness (QED) is 0.101. The number of nitrogen functional groups attached to an aromatic ring is 1. The van der Waals surface area contributed by atoms with E-state index in [4.69, 9.17) is 10.6 Å². The van der Waals surface area contributed by atoms with Crippen molar-refractivity contribution in [2.45, 2.75) is 29.8 Å². The van der Waals surface area contributed by atoms with Crippen LogP contribution in [0.1, 0.15) is 12.7 Å². The number of aromatic nitrogens is 3. The first-order valence-corrected chi connectivity index (χ1v) is 14.8. The summed E-state index contributed by atoms with van der Waals surface area (Å²) in [6.07, 6.45) is 3.85. The number of anilines is 1. The molecular weight excluding hydrogens is 565 g/mol. The van der Waals surface area contributed by atoms with E-state index >= 15 is 0 Å². The van der Waals surface area contributed by atoms with E-state index in [1.54, 1.807) is 18.7 Å². The molecule has 2 aromatic heterocycles. The number of thioether (sulfide) groups is 2. The zero-order chi connectivity index (χ0) is 28.1. The summed E-state index contributed by atoms with van der Waals surface area (Å²) in [5.41, 5.74) is 5.98. The van der Waals surface area contributed by atoms with Crippen molar-refractivity contribution in [3.8, 4) is 0 Å². The number of oxime groups is 1. The number of nitrogens with two attached hydrogens (primary N) is 1. The summed E-state index contributed by atoms with van der Waals surface area (Å²) in [6.45, 7) is 3.17. The van der Waals surface area contributed by atoms with Gasteiger partial charge < -0.3 is 25.9 Å². The van der Waals surface area contributed by atoms with Crippen LogP contribution in [0.25, 0.3) is 0 Å². The standard InChI is InChI=1S/C23H28N8O5S3/c1-4-36-27-15(18-26-23(24)39-28-18)19(32)25-16-20(33)31-17(22(34)35)13(12-38-21(16)31)10-30-7-5-6-14(11-30)37-9-8-29(2)3/h5-7,11,16,21H,4,8-10,12H2,1-3H3,(H3-,24,25,26,28,32,34,35)/p+1/t16?,21-/m1/s1. The van der Waals surface area contributed by atoms with Crippen molar-refractivity contribution in [2.75, 3.05) is 44.5 Å². The van der Waals surface area contributed by atoms with Crippen LogP contribution in [0.5, 0.6) is 0 Å². The molecule has 4 heterocycles. The Morgan fingerprint density at radius 2 is 2.23 bits per heavy atom. The zero-order valence-electron chi connectivity index (χ0n) is 21.6. The molecule has 13 nitrogen and oxygen atoms in total. The molecule has 2 atom stereocenters. The van der Waals surface area contributed by atoms with Crippen LogP contribution in [-0.2, 0) is 25.8 Å². The fourth-order valence-electron chi connectivity index (χ4n) is 3.91. The SMILES string of the molecule is CCON=C(C(=O)NC1C(=O)N2C(C(=O)O)=C(C[n+]3cccc(SCCN(C)C)c3)CS[C@H]12)c1nsc(N)n1. The van der Waals surface area contributed by atoms with Crippen LogP contribution in [0.15, 0.2) is 45.8 Å². The molecule has 208 valence electrons. The van der Waals surface area contributed by atoms with Gasteiger partial charge in [-0.15, -0.1) is 23.5 Å². The van der Waals surface area contributed by atoms with Gasteiger partial charge in [-0.3, -0.25) is 14.5 Å². The average molecular weight is 594 g/mol. The molecule has 0 radical (unpaired) electrons. The number of hydrogen-bond donors (Lipinski definition) is 3. The van der Waals surface area contributed by atoms with Crippen LogP contribution in [0.2, 0.25) is 0 Å². The highest BCUT2D eigenvalue weighted by molar-refractivity contribution is 8.00. The third-order valence-corrected chi connectivity index (χ3v) is 8.55. The van der Waals surface area contributed by atoms with E-state index in [0.717, 1.165) is 28.7 Å². The number of β-lactam (4-membered cyclic amide) rings is 1. The molecule has 0 saturated carbocycles. The maximum Gasteiger partial charge on any atom is 0.352 e. The number of fused-ring (bicyclic) bond motifs is 1. The highest BCUT2D eigenvalue weighted by atomic mass is 32.2. The molecule has 0 aromatic carbocycles. The van der Waals surface area contributed by atoms with Gasteiger partial charge in [0.05, 0.1) is 4.90 Å². The summed E-state index contributed by atoms with van der Waals surface area (Å²) in [6, 6.07) is 3.00. The number of aliphatic carboxylic acids is 1. The second-order valence-electron chi connectivity index (χ2n) is 8.80. The van der Waals surface area contributed by atoms with Crippen molar-refractivity contribution in [3.63, 3.8) is 0 Å². The number of carbonyl (C=O) groups is 3. The molecule has 2 aliphatic rings. The number of nitrogens with one attached hydrogen (secondary N) is 1. The van der Waals surface area contributed by atoms with Gasteiger partial charge in [0.25, 0.3) is 11.8 Å². The van der Waals surface area contributed by atoms with E-state index in [1.807, 2.05) is 43.2 Å². The van der Waals surface area contributed by atoms with Gasteiger partial charge in [-0.05, 0) is 27.1 Å². The lowest BCUT2D eigenvalue weighted by molar-refractivity contribution is -0.690. The highest BCUT2D eigenvalue weighted by Crippen LogP contribution is 2.40. The highest BCUT2D eigenvalue weighted by Gasteiger charge is 2.54. The number of pyridine rings is 1. The van der Waals surface area contributed by atoms with Crippen molar-refractivity contribution >= 4 is 63.7 Å². The van der Waals surface area contributed by atoms with E-state index in [-0.39, 0.29) is 29.0 Å². The van der Waals surface area contributed by atoms with Crippen LogP contribution in [0.3, 0.4) is 0 Å². The Morgan fingerprint density at radius 1 is 1.44 bits per heavy atom. The molecule has 4 N–H and O–H groups in total. The lowest BCUT2D eigenvalue weighted by atomic mass is 10.0. The Morgan fingerprint density at radius 3 is 2.90 bits per heavy atom. The first-order valence-electron chi connectivity index (χ1n) is 12.0. The second kappa shape index (κ2) is 12.8. The smallest absolute Gasteiger partial charge is 0.352 e. The minimum absolute atomic E-state index is 0.0177. The number of hydrogen-bond acceptors (Lipinski definition) is 12. The molecule has 1 saturated heterocycles. The molecule has 1 unspecified atom stereocenters. The molecular formula is C23H29N8O5S3+.